The first-order chi connectivity index (χ1) is 30.0. The van der Waals surface area contributed by atoms with Gasteiger partial charge in [0.25, 0.3) is 0 Å². The van der Waals surface area contributed by atoms with Gasteiger partial charge in [-0.1, -0.05) is 270 Å². The fourth-order valence-corrected chi connectivity index (χ4v) is 8.65. The normalized spacial score (nSPS) is 13.0. The average Bonchev–Trinajstić information content (AvgIpc) is 3.23. The van der Waals surface area contributed by atoms with E-state index in [0.29, 0.717) is 0 Å². The Morgan fingerprint density at radius 3 is 0.778 bits per heavy atom. The molecule has 2 atom stereocenters. The summed E-state index contributed by atoms with van der Waals surface area (Å²) in [4.78, 5) is 0. The third-order valence-corrected chi connectivity index (χ3v) is 12.8. The molecule has 63 heavy (non-hydrogen) atoms. The molecular formula is C52H102CaO8S2. The fourth-order valence-electron chi connectivity index (χ4n) is 7.97. The molecule has 0 bridgehead atoms. The van der Waals surface area contributed by atoms with Crippen LogP contribution in [-0.4, -0.2) is 76.9 Å². The summed E-state index contributed by atoms with van der Waals surface area (Å²) in [5.74, 6) is 0.0406. The van der Waals surface area contributed by atoms with E-state index in [-0.39, 0.29) is 62.8 Å². The molecule has 0 radical (unpaired) electrons. The van der Waals surface area contributed by atoms with Gasteiger partial charge in [-0.15, -0.1) is 0 Å². The minimum atomic E-state index is -4.61. The van der Waals surface area contributed by atoms with Crippen LogP contribution < -0.4 is 0 Å². The molecule has 0 aromatic rings. The number of hydrogen-bond acceptors (Lipinski definition) is 8. The van der Waals surface area contributed by atoms with Crippen LogP contribution in [0.3, 0.4) is 0 Å². The Balaban J connectivity index is -0.00000112. The van der Waals surface area contributed by atoms with Gasteiger partial charge in [0.1, 0.15) is 0 Å². The maximum atomic E-state index is 10.8. The number of hydrogen-bond donors (Lipinski definition) is 0. The van der Waals surface area contributed by atoms with Crippen molar-refractivity contribution in [3.63, 3.8) is 0 Å². The van der Waals surface area contributed by atoms with E-state index in [1.54, 1.807) is 0 Å². The summed E-state index contributed by atoms with van der Waals surface area (Å²) in [7, 11) is -9.21. The zero-order valence-corrected chi connectivity index (χ0v) is 45.8. The molecular weight excluding hydrogens is 857 g/mol. The van der Waals surface area contributed by atoms with Gasteiger partial charge < -0.3 is 9.11 Å². The van der Waals surface area contributed by atoms with E-state index in [1.165, 1.54) is 218 Å². The molecule has 0 aromatic carbocycles. The summed E-state index contributed by atoms with van der Waals surface area (Å²) < 4.78 is 73.9. The summed E-state index contributed by atoms with van der Waals surface area (Å²) >= 11 is 0. The Bertz CT molecular complexity index is 1070. The van der Waals surface area contributed by atoms with Crippen molar-refractivity contribution in [1.82, 2.24) is 0 Å². The maximum Gasteiger partial charge on any atom is 2.00 e. The average molecular weight is 960 g/mol. The van der Waals surface area contributed by atoms with Crippen LogP contribution in [0.2, 0.25) is 0 Å². The summed E-state index contributed by atoms with van der Waals surface area (Å²) in [6.07, 6.45) is 58.8. The van der Waals surface area contributed by atoms with Gasteiger partial charge in [-0.25, -0.2) is 16.8 Å². The van der Waals surface area contributed by atoms with Gasteiger partial charge >= 0.3 is 37.7 Å². The zero-order valence-electron chi connectivity index (χ0n) is 42.0. The summed E-state index contributed by atoms with van der Waals surface area (Å²) in [5, 5.41) is 0. The standard InChI is InChI=1S/2C26H52O4S.Ca/c2*1-3-5-7-9-11-13-14-15-16-18-20-22-24-26(25-30-31(27,28)29)23-21-19-17-12-10-8-6-4-2;/h2*22,24,26H,3-21,23,25H2,1-2H3,(H,27,28,29);/q;;+2/p-2/b2*24-22+;. The Morgan fingerprint density at radius 2 is 0.556 bits per heavy atom. The Labute approximate surface area is 423 Å². The summed E-state index contributed by atoms with van der Waals surface area (Å²) in [6, 6.07) is 0. The topological polar surface area (TPSA) is 133 Å². The van der Waals surface area contributed by atoms with Crippen LogP contribution in [0.1, 0.15) is 285 Å². The van der Waals surface area contributed by atoms with Crippen LogP contribution in [0, 0.1) is 11.8 Å². The quantitative estimate of drug-likeness (QED) is 0.0194. The molecule has 0 N–H and O–H groups in total. The van der Waals surface area contributed by atoms with Crippen LogP contribution in [-0.2, 0) is 29.2 Å². The van der Waals surface area contributed by atoms with Crippen molar-refractivity contribution in [3.05, 3.63) is 24.3 Å². The number of allylic oxidation sites excluding steroid dienone is 2. The Kier molecular flexibility index (Phi) is 57.5. The van der Waals surface area contributed by atoms with E-state index in [4.69, 9.17) is 0 Å². The molecule has 0 aliphatic heterocycles. The van der Waals surface area contributed by atoms with E-state index in [9.17, 15) is 25.9 Å². The minimum Gasteiger partial charge on any atom is -0.726 e. The monoisotopic (exact) mass is 959 g/mol. The second kappa shape index (κ2) is 53.4. The number of rotatable bonds is 48. The molecule has 0 heterocycles. The molecule has 0 aliphatic carbocycles. The minimum absolute atomic E-state index is 0. The molecule has 0 amide bonds. The molecule has 0 saturated carbocycles. The van der Waals surface area contributed by atoms with Gasteiger partial charge in [0.2, 0.25) is 20.8 Å². The summed E-state index contributed by atoms with van der Waals surface area (Å²) in [5.41, 5.74) is 0. The number of unbranched alkanes of at least 4 members (excludes halogenated alkanes) is 34. The van der Waals surface area contributed by atoms with E-state index < -0.39 is 20.8 Å². The van der Waals surface area contributed by atoms with E-state index >= 15 is 0 Å². The molecule has 0 aliphatic rings. The van der Waals surface area contributed by atoms with Crippen LogP contribution in [0.25, 0.3) is 0 Å². The Morgan fingerprint density at radius 1 is 0.349 bits per heavy atom. The Hall–Kier alpha value is 0.480. The second-order valence-corrected chi connectivity index (χ2v) is 20.3. The first kappa shape index (κ1) is 67.7. The molecule has 0 fully saturated rings. The van der Waals surface area contributed by atoms with Crippen molar-refractivity contribution in [2.75, 3.05) is 13.2 Å². The SMILES string of the molecule is CCCCCCCCCCCC/C=C/C(CCCCCCCCCC)COS(=O)(=O)[O-].CCCCCCCCCCCC/C=C/C(CCCCCCCCCC)COS(=O)(=O)[O-].[Ca+2]. The van der Waals surface area contributed by atoms with Crippen molar-refractivity contribution >= 4 is 58.5 Å². The predicted octanol–water partition coefficient (Wildman–Crippen LogP) is 16.6. The fraction of sp³-hybridized carbons (Fsp3) is 0.923. The molecule has 0 spiro atoms. The van der Waals surface area contributed by atoms with Crippen LogP contribution in [0.4, 0.5) is 0 Å². The molecule has 0 saturated heterocycles. The molecule has 11 heteroatoms. The largest absolute Gasteiger partial charge is 2.00 e. The van der Waals surface area contributed by atoms with Crippen molar-refractivity contribution < 1.29 is 34.3 Å². The predicted molar refractivity (Wildman–Crippen MR) is 270 cm³/mol. The molecule has 8 nitrogen and oxygen atoms in total. The van der Waals surface area contributed by atoms with Gasteiger partial charge in [0.05, 0.1) is 13.2 Å². The molecule has 372 valence electrons. The van der Waals surface area contributed by atoms with Gasteiger partial charge in [0, 0.05) is 11.8 Å². The molecule has 0 aromatic heterocycles. The van der Waals surface area contributed by atoms with Gasteiger partial charge in [-0.05, 0) is 38.5 Å². The molecule has 2 unspecified atom stereocenters. The third kappa shape index (κ3) is 62.5. The summed E-state index contributed by atoms with van der Waals surface area (Å²) in [6.45, 7) is 8.94. The van der Waals surface area contributed by atoms with Gasteiger partial charge in [-0.3, -0.25) is 8.37 Å². The van der Waals surface area contributed by atoms with Gasteiger partial charge in [0.15, 0.2) is 0 Å². The van der Waals surface area contributed by atoms with E-state index in [2.05, 4.69) is 60.4 Å². The maximum absolute atomic E-state index is 10.8. The first-order valence-corrected chi connectivity index (χ1v) is 29.2. The van der Waals surface area contributed by atoms with Crippen LogP contribution in [0.5, 0.6) is 0 Å². The molecule has 0 rings (SSSR count). The second-order valence-electron chi connectivity index (χ2n) is 18.2. The zero-order chi connectivity index (χ0) is 46.1. The van der Waals surface area contributed by atoms with Gasteiger partial charge in [-0.2, -0.15) is 0 Å². The first-order valence-electron chi connectivity index (χ1n) is 26.5. The van der Waals surface area contributed by atoms with Crippen LogP contribution in [0.15, 0.2) is 24.3 Å². The smallest absolute Gasteiger partial charge is 0.726 e. The van der Waals surface area contributed by atoms with Crippen LogP contribution >= 0.6 is 0 Å². The third-order valence-electron chi connectivity index (χ3n) is 12.0. The van der Waals surface area contributed by atoms with Crippen molar-refractivity contribution in [2.24, 2.45) is 11.8 Å². The van der Waals surface area contributed by atoms with Crippen molar-refractivity contribution in [3.8, 4) is 0 Å². The van der Waals surface area contributed by atoms with Crippen molar-refractivity contribution in [1.29, 1.82) is 0 Å². The van der Waals surface area contributed by atoms with E-state index in [1.807, 2.05) is 0 Å². The van der Waals surface area contributed by atoms with Crippen molar-refractivity contribution in [2.45, 2.75) is 285 Å². The van der Waals surface area contributed by atoms with E-state index in [0.717, 1.165) is 38.5 Å².